The predicted molar refractivity (Wildman–Crippen MR) is 131 cm³/mol. The molecule has 190 valence electrons. The van der Waals surface area contributed by atoms with E-state index in [9.17, 15) is 24.3 Å². The molecule has 0 aliphatic heterocycles. The Morgan fingerprint density at radius 3 is 2.40 bits per heavy atom. The molecular formula is C23H31N5O6S. The lowest BCUT2D eigenvalue weighted by Crippen LogP contribution is -2.57. The van der Waals surface area contributed by atoms with Crippen LogP contribution in [-0.4, -0.2) is 51.7 Å². The molecule has 3 amide bonds. The van der Waals surface area contributed by atoms with Gasteiger partial charge in [-0.2, -0.15) is 0 Å². The summed E-state index contributed by atoms with van der Waals surface area (Å²) in [5.74, 6) is -2.91. The summed E-state index contributed by atoms with van der Waals surface area (Å²) in [6.07, 6.45) is 0.516. The second-order valence-corrected chi connectivity index (χ2v) is 9.68. The summed E-state index contributed by atoms with van der Waals surface area (Å²) >= 11 is 1.11. The van der Waals surface area contributed by atoms with E-state index in [4.69, 9.17) is 10.5 Å². The number of aliphatic carboxylic acids is 1. The number of amides is 3. The van der Waals surface area contributed by atoms with Crippen LogP contribution < -0.4 is 21.7 Å². The van der Waals surface area contributed by atoms with Crippen LogP contribution in [0.5, 0.6) is 0 Å². The molecule has 11 nitrogen and oxygen atoms in total. The molecule has 0 saturated carbocycles. The largest absolute Gasteiger partial charge is 0.479 e. The van der Waals surface area contributed by atoms with Gasteiger partial charge in [-0.3, -0.25) is 10.1 Å². The molecule has 0 aliphatic carbocycles. The Kier molecular flexibility index (Phi) is 9.72. The molecule has 2 aromatic rings. The van der Waals surface area contributed by atoms with E-state index < -0.39 is 35.0 Å². The number of anilines is 1. The molecule has 6 N–H and O–H groups in total. The summed E-state index contributed by atoms with van der Waals surface area (Å²) in [5.41, 5.74) is 3.87. The number of rotatable bonds is 11. The number of unbranched alkanes of at least 4 members (excludes halogenated alkanes) is 1. The molecule has 1 atom stereocenters. The monoisotopic (exact) mass is 505 g/mol. The quantitative estimate of drug-likeness (QED) is 0.176. The molecule has 0 fully saturated rings. The van der Waals surface area contributed by atoms with E-state index in [2.05, 4.69) is 20.9 Å². The van der Waals surface area contributed by atoms with Crippen molar-refractivity contribution in [3.05, 3.63) is 47.0 Å². The Bertz CT molecular complexity index is 1040. The summed E-state index contributed by atoms with van der Waals surface area (Å²) < 4.78 is 5.13. The molecule has 35 heavy (non-hydrogen) atoms. The maximum atomic E-state index is 12.3. The van der Waals surface area contributed by atoms with Crippen molar-refractivity contribution < 1.29 is 29.0 Å². The number of carbonyl (C=O) groups is 4. The first-order valence-electron chi connectivity index (χ1n) is 11.0. The maximum Gasteiger partial charge on any atom is 0.338 e. The normalized spacial score (nSPS) is 12.8. The minimum atomic E-state index is -2.16. The van der Waals surface area contributed by atoms with Crippen LogP contribution in [0, 0.1) is 0 Å². The lowest BCUT2D eigenvalue weighted by molar-refractivity contribution is -0.169. The number of hydrogen-bond donors (Lipinski definition) is 5. The fourth-order valence-corrected chi connectivity index (χ4v) is 3.53. The number of carboxylic acid groups (broad SMARTS) is 1. The molecule has 0 aliphatic rings. The first kappa shape index (κ1) is 27.7. The molecule has 1 aromatic carbocycles. The molecule has 1 aromatic heterocycles. The summed E-state index contributed by atoms with van der Waals surface area (Å²) in [7, 11) is 0. The number of nitrogens with two attached hydrogens (primary N) is 1. The van der Waals surface area contributed by atoms with Crippen LogP contribution in [0.2, 0.25) is 0 Å². The van der Waals surface area contributed by atoms with E-state index in [1.54, 1.807) is 20.8 Å². The van der Waals surface area contributed by atoms with Crippen LogP contribution in [0.15, 0.2) is 35.7 Å². The van der Waals surface area contributed by atoms with Gasteiger partial charge in [0.15, 0.2) is 5.13 Å². The predicted octanol–water partition coefficient (Wildman–Crippen LogP) is 2.49. The molecule has 0 spiro atoms. The van der Waals surface area contributed by atoms with Crippen molar-refractivity contribution in [2.75, 3.05) is 11.9 Å². The van der Waals surface area contributed by atoms with Crippen LogP contribution in [-0.2, 0) is 20.9 Å². The van der Waals surface area contributed by atoms with Crippen molar-refractivity contribution >= 4 is 40.3 Å². The smallest absolute Gasteiger partial charge is 0.338 e. The molecule has 12 heteroatoms. The zero-order valence-corrected chi connectivity index (χ0v) is 20.7. The van der Waals surface area contributed by atoms with Crippen molar-refractivity contribution in [1.29, 1.82) is 0 Å². The SMILES string of the molecule is CC(C)(C)OC(=O)C(N)(CCCCNC(=O)c1csc(NC(=O)NCc2ccccc2)n1)C(=O)O. The van der Waals surface area contributed by atoms with Crippen LogP contribution >= 0.6 is 11.3 Å². The summed E-state index contributed by atoms with van der Waals surface area (Å²) in [4.78, 5) is 52.2. The lowest BCUT2D eigenvalue weighted by atomic mass is 9.93. The second-order valence-electron chi connectivity index (χ2n) is 8.82. The van der Waals surface area contributed by atoms with Gasteiger partial charge >= 0.3 is 18.0 Å². The maximum absolute atomic E-state index is 12.3. The van der Waals surface area contributed by atoms with Crippen molar-refractivity contribution in [3.63, 3.8) is 0 Å². The third kappa shape index (κ3) is 8.98. The number of thiazole rings is 1. The number of carboxylic acids is 1. The molecular weight excluding hydrogens is 474 g/mol. The Morgan fingerprint density at radius 2 is 1.77 bits per heavy atom. The first-order valence-corrected chi connectivity index (χ1v) is 11.9. The zero-order valence-electron chi connectivity index (χ0n) is 19.9. The van der Waals surface area contributed by atoms with E-state index in [-0.39, 0.29) is 30.2 Å². The van der Waals surface area contributed by atoms with E-state index >= 15 is 0 Å². The third-order valence-electron chi connectivity index (χ3n) is 4.68. The van der Waals surface area contributed by atoms with Gasteiger partial charge in [0.25, 0.3) is 5.91 Å². The van der Waals surface area contributed by atoms with Crippen LogP contribution in [0.3, 0.4) is 0 Å². The lowest BCUT2D eigenvalue weighted by Gasteiger charge is -2.28. The Hall–Kier alpha value is -3.51. The minimum absolute atomic E-state index is 0.140. The number of aromatic nitrogens is 1. The van der Waals surface area contributed by atoms with E-state index in [1.807, 2.05) is 30.3 Å². The van der Waals surface area contributed by atoms with Gasteiger partial charge in [0.2, 0.25) is 5.54 Å². The van der Waals surface area contributed by atoms with Gasteiger partial charge in [0, 0.05) is 18.5 Å². The molecule has 1 heterocycles. The van der Waals surface area contributed by atoms with E-state index in [1.165, 1.54) is 5.38 Å². The van der Waals surface area contributed by atoms with Gasteiger partial charge in [-0.05, 0) is 45.6 Å². The van der Waals surface area contributed by atoms with Gasteiger partial charge in [0.05, 0.1) is 0 Å². The molecule has 2 rings (SSSR count). The molecule has 0 radical (unpaired) electrons. The first-order chi connectivity index (χ1) is 16.4. The number of benzene rings is 1. The van der Waals surface area contributed by atoms with Crippen molar-refractivity contribution in [2.24, 2.45) is 5.73 Å². The molecule has 0 bridgehead atoms. The number of carbonyl (C=O) groups excluding carboxylic acids is 3. The van der Waals surface area contributed by atoms with Crippen LogP contribution in [0.1, 0.15) is 56.1 Å². The van der Waals surface area contributed by atoms with Gasteiger partial charge in [-0.15, -0.1) is 11.3 Å². The average Bonchev–Trinajstić information content (AvgIpc) is 3.25. The van der Waals surface area contributed by atoms with E-state index in [0.717, 1.165) is 16.9 Å². The number of urea groups is 1. The van der Waals surface area contributed by atoms with Crippen molar-refractivity contribution in [2.45, 2.75) is 57.7 Å². The Labute approximate surface area is 207 Å². The average molecular weight is 506 g/mol. The fourth-order valence-electron chi connectivity index (χ4n) is 2.84. The van der Waals surface area contributed by atoms with Crippen LogP contribution in [0.25, 0.3) is 0 Å². The highest BCUT2D eigenvalue weighted by molar-refractivity contribution is 7.14. The topological polar surface area (TPSA) is 173 Å². The second kappa shape index (κ2) is 12.3. The van der Waals surface area contributed by atoms with Crippen LogP contribution in [0.4, 0.5) is 9.93 Å². The molecule has 0 saturated heterocycles. The number of esters is 1. The highest BCUT2D eigenvalue weighted by Crippen LogP contribution is 2.19. The zero-order chi connectivity index (χ0) is 26.1. The number of hydrogen-bond acceptors (Lipinski definition) is 8. The van der Waals surface area contributed by atoms with Gasteiger partial charge < -0.3 is 26.2 Å². The highest BCUT2D eigenvalue weighted by atomic mass is 32.1. The van der Waals surface area contributed by atoms with Gasteiger partial charge in [0.1, 0.15) is 11.3 Å². The van der Waals surface area contributed by atoms with Crippen molar-refractivity contribution in [1.82, 2.24) is 15.6 Å². The number of nitrogens with zero attached hydrogens (tertiary/aromatic N) is 1. The fraction of sp³-hybridized carbons (Fsp3) is 0.435. The third-order valence-corrected chi connectivity index (χ3v) is 5.44. The van der Waals surface area contributed by atoms with Gasteiger partial charge in [-0.1, -0.05) is 30.3 Å². The summed E-state index contributed by atoms with van der Waals surface area (Å²) in [6, 6.07) is 8.97. The van der Waals surface area contributed by atoms with E-state index in [0.29, 0.717) is 13.0 Å². The standard InChI is InChI=1S/C23H31N5O6S/c1-22(2,3)34-19(32)23(24,18(30)31)11-7-8-12-25-17(29)16-14-35-21(27-16)28-20(33)26-13-15-9-5-4-6-10-15/h4-6,9-10,14H,7-8,11-13,24H2,1-3H3,(H,25,29)(H,30,31)(H2,26,27,28,33). The Morgan fingerprint density at radius 1 is 1.09 bits per heavy atom. The number of nitrogens with one attached hydrogen (secondary N) is 3. The summed E-state index contributed by atoms with van der Waals surface area (Å²) in [5, 5.41) is 19.2. The highest BCUT2D eigenvalue weighted by Gasteiger charge is 2.44. The van der Waals surface area contributed by atoms with Gasteiger partial charge in [-0.25, -0.2) is 19.4 Å². The minimum Gasteiger partial charge on any atom is -0.479 e. The Balaban J connectivity index is 1.75. The number of ether oxygens (including phenoxy) is 1. The molecule has 1 unspecified atom stereocenters. The summed E-state index contributed by atoms with van der Waals surface area (Å²) in [6.45, 7) is 5.45. The van der Waals surface area contributed by atoms with Crippen molar-refractivity contribution in [3.8, 4) is 0 Å².